The largest absolute Gasteiger partial charge is 0.495 e. The molecular formula is C18H19ClN2O6S2. The molecule has 156 valence electrons. The standard InChI is InChI=1S/C18H19ClN2O6S2/c1-12-11-28(23,24)21(18(12)22)15-7-8-16(27-2)17(9-15)29(25,26)20-10-13-3-5-14(19)6-4-13/h3-9,12,20H,10-11H2,1-2H3/t12-/m1/s1. The average Bonchev–Trinajstić information content (AvgIpc) is 2.87. The number of nitrogens with zero attached hydrogens (tertiary/aromatic N) is 1. The van der Waals surface area contributed by atoms with Gasteiger partial charge in [0.2, 0.25) is 26.0 Å². The summed E-state index contributed by atoms with van der Waals surface area (Å²) in [6.45, 7) is 1.50. The number of methoxy groups -OCH3 is 1. The normalized spacial score (nSPS) is 18.8. The van der Waals surface area contributed by atoms with Crippen molar-refractivity contribution >= 4 is 43.2 Å². The number of halogens is 1. The van der Waals surface area contributed by atoms with Crippen molar-refractivity contribution in [1.82, 2.24) is 4.72 Å². The molecule has 8 nitrogen and oxygen atoms in total. The minimum absolute atomic E-state index is 0.00907. The zero-order valence-corrected chi connectivity index (χ0v) is 18.0. The van der Waals surface area contributed by atoms with Gasteiger partial charge in [-0.05, 0) is 35.9 Å². The molecule has 0 saturated carbocycles. The van der Waals surface area contributed by atoms with Gasteiger partial charge in [-0.3, -0.25) is 4.79 Å². The van der Waals surface area contributed by atoms with E-state index in [-0.39, 0.29) is 28.6 Å². The number of ether oxygens (including phenoxy) is 1. The van der Waals surface area contributed by atoms with Gasteiger partial charge >= 0.3 is 0 Å². The summed E-state index contributed by atoms with van der Waals surface area (Å²) in [5.41, 5.74) is 0.631. The Morgan fingerprint density at radius 2 is 1.86 bits per heavy atom. The van der Waals surface area contributed by atoms with Gasteiger partial charge in [-0.2, -0.15) is 0 Å². The predicted octanol–water partition coefficient (Wildman–Crippen LogP) is 2.14. The van der Waals surface area contributed by atoms with Crippen LogP contribution >= 0.6 is 11.6 Å². The Morgan fingerprint density at radius 1 is 1.21 bits per heavy atom. The fourth-order valence-electron chi connectivity index (χ4n) is 2.95. The molecule has 1 N–H and O–H groups in total. The van der Waals surface area contributed by atoms with Gasteiger partial charge in [0.1, 0.15) is 10.6 Å². The molecule has 1 amide bonds. The van der Waals surface area contributed by atoms with Gasteiger partial charge in [-0.25, -0.2) is 25.9 Å². The van der Waals surface area contributed by atoms with Crippen molar-refractivity contribution in [3.05, 3.63) is 53.1 Å². The highest BCUT2D eigenvalue weighted by Gasteiger charge is 2.42. The number of hydrogen-bond acceptors (Lipinski definition) is 6. The van der Waals surface area contributed by atoms with E-state index in [1.54, 1.807) is 24.3 Å². The Hall–Kier alpha value is -2.14. The van der Waals surface area contributed by atoms with E-state index in [9.17, 15) is 21.6 Å². The first kappa shape index (κ1) is 21.6. The zero-order valence-electron chi connectivity index (χ0n) is 15.6. The van der Waals surface area contributed by atoms with Crippen LogP contribution in [0.3, 0.4) is 0 Å². The first-order valence-corrected chi connectivity index (χ1v) is 12.0. The minimum Gasteiger partial charge on any atom is -0.495 e. The molecule has 1 atom stereocenters. The molecule has 0 unspecified atom stereocenters. The summed E-state index contributed by atoms with van der Waals surface area (Å²) < 4.78 is 58.6. The van der Waals surface area contributed by atoms with E-state index in [1.165, 1.54) is 26.2 Å². The summed E-state index contributed by atoms with van der Waals surface area (Å²) in [6, 6.07) is 10.4. The first-order valence-electron chi connectivity index (χ1n) is 8.54. The second-order valence-corrected chi connectivity index (χ2v) is 10.6. The number of hydrogen-bond donors (Lipinski definition) is 1. The molecule has 1 aliphatic heterocycles. The Labute approximate surface area is 174 Å². The molecule has 1 fully saturated rings. The highest BCUT2D eigenvalue weighted by molar-refractivity contribution is 7.94. The van der Waals surface area contributed by atoms with Gasteiger partial charge in [0.25, 0.3) is 0 Å². The number of carbonyl (C=O) groups excluding carboxylic acids is 1. The van der Waals surface area contributed by atoms with E-state index in [1.807, 2.05) is 0 Å². The summed E-state index contributed by atoms with van der Waals surface area (Å²) >= 11 is 5.83. The van der Waals surface area contributed by atoms with Crippen molar-refractivity contribution in [2.24, 2.45) is 5.92 Å². The van der Waals surface area contributed by atoms with Crippen molar-refractivity contribution in [3.8, 4) is 5.75 Å². The lowest BCUT2D eigenvalue weighted by Gasteiger charge is -2.18. The lowest BCUT2D eigenvalue weighted by molar-refractivity contribution is -0.119. The highest BCUT2D eigenvalue weighted by Crippen LogP contribution is 2.33. The van der Waals surface area contributed by atoms with Gasteiger partial charge in [0.15, 0.2) is 0 Å². The van der Waals surface area contributed by atoms with Crippen molar-refractivity contribution < 1.29 is 26.4 Å². The quantitative estimate of drug-likeness (QED) is 0.710. The summed E-state index contributed by atoms with van der Waals surface area (Å²) in [4.78, 5) is 12.0. The second kappa shape index (κ2) is 7.94. The maximum Gasteiger partial charge on any atom is 0.244 e. The predicted molar refractivity (Wildman–Crippen MR) is 109 cm³/mol. The van der Waals surface area contributed by atoms with Crippen molar-refractivity contribution in [2.75, 3.05) is 17.2 Å². The average molecular weight is 459 g/mol. The number of benzene rings is 2. The SMILES string of the molecule is COc1ccc(N2C(=O)[C@H](C)CS2(=O)=O)cc1S(=O)(=O)NCc1ccc(Cl)cc1. The second-order valence-electron chi connectivity index (χ2n) is 6.57. The number of carbonyl (C=O) groups is 1. The number of sulfonamides is 2. The Bertz CT molecular complexity index is 1150. The molecule has 11 heteroatoms. The maximum atomic E-state index is 12.9. The number of amides is 1. The van der Waals surface area contributed by atoms with E-state index in [4.69, 9.17) is 16.3 Å². The third kappa shape index (κ3) is 4.40. The van der Waals surface area contributed by atoms with Crippen LogP contribution in [0.2, 0.25) is 5.02 Å². The molecule has 1 heterocycles. The number of rotatable bonds is 6. The first-order chi connectivity index (χ1) is 13.5. The fraction of sp³-hybridized carbons (Fsp3) is 0.278. The topological polar surface area (TPSA) is 110 Å². The highest BCUT2D eigenvalue weighted by atomic mass is 35.5. The van der Waals surface area contributed by atoms with Crippen LogP contribution in [0.5, 0.6) is 5.75 Å². The Balaban J connectivity index is 1.96. The van der Waals surface area contributed by atoms with Crippen LogP contribution in [0.1, 0.15) is 12.5 Å². The van der Waals surface area contributed by atoms with Crippen molar-refractivity contribution in [1.29, 1.82) is 0 Å². The van der Waals surface area contributed by atoms with E-state index in [0.29, 0.717) is 14.9 Å². The van der Waals surface area contributed by atoms with Gasteiger partial charge < -0.3 is 4.74 Å². The Morgan fingerprint density at radius 3 is 2.41 bits per heavy atom. The maximum absolute atomic E-state index is 12.9. The van der Waals surface area contributed by atoms with Crippen LogP contribution in [0.15, 0.2) is 47.4 Å². The summed E-state index contributed by atoms with van der Waals surface area (Å²) in [5, 5.41) is 0.525. The van der Waals surface area contributed by atoms with Crippen LogP contribution < -0.4 is 13.8 Å². The monoisotopic (exact) mass is 458 g/mol. The van der Waals surface area contributed by atoms with Crippen LogP contribution in [-0.4, -0.2) is 35.6 Å². The zero-order chi connectivity index (χ0) is 21.4. The van der Waals surface area contributed by atoms with Crippen LogP contribution in [0.25, 0.3) is 0 Å². The molecule has 0 aromatic heterocycles. The molecule has 0 radical (unpaired) electrons. The molecule has 3 rings (SSSR count). The van der Waals surface area contributed by atoms with Crippen LogP contribution in [0, 0.1) is 5.92 Å². The molecule has 0 bridgehead atoms. The van der Waals surface area contributed by atoms with Gasteiger partial charge in [-0.15, -0.1) is 0 Å². The molecule has 2 aromatic rings. The smallest absolute Gasteiger partial charge is 0.244 e. The summed E-state index contributed by atoms with van der Waals surface area (Å²) in [7, 11) is -6.64. The lowest BCUT2D eigenvalue weighted by Crippen LogP contribution is -2.31. The van der Waals surface area contributed by atoms with Gasteiger partial charge in [0, 0.05) is 11.6 Å². The molecule has 29 heavy (non-hydrogen) atoms. The van der Waals surface area contributed by atoms with Gasteiger partial charge in [0.05, 0.1) is 24.5 Å². The van der Waals surface area contributed by atoms with Gasteiger partial charge in [-0.1, -0.05) is 30.7 Å². The third-order valence-electron chi connectivity index (χ3n) is 4.41. The van der Waals surface area contributed by atoms with E-state index in [2.05, 4.69) is 4.72 Å². The van der Waals surface area contributed by atoms with Crippen molar-refractivity contribution in [2.45, 2.75) is 18.4 Å². The van der Waals surface area contributed by atoms with Crippen LogP contribution in [0.4, 0.5) is 5.69 Å². The summed E-state index contributed by atoms with van der Waals surface area (Å²) in [5.74, 6) is -1.61. The van der Waals surface area contributed by atoms with E-state index in [0.717, 1.165) is 6.07 Å². The number of nitrogens with one attached hydrogen (secondary N) is 1. The summed E-state index contributed by atoms with van der Waals surface area (Å²) in [6.07, 6.45) is 0. The minimum atomic E-state index is -4.07. The molecular weight excluding hydrogens is 440 g/mol. The Kier molecular flexibility index (Phi) is 5.91. The van der Waals surface area contributed by atoms with E-state index < -0.39 is 31.9 Å². The lowest BCUT2D eigenvalue weighted by atomic mass is 10.2. The van der Waals surface area contributed by atoms with Crippen molar-refractivity contribution in [3.63, 3.8) is 0 Å². The van der Waals surface area contributed by atoms with Crippen LogP contribution in [-0.2, 0) is 31.4 Å². The molecule has 0 aliphatic carbocycles. The molecule has 0 spiro atoms. The molecule has 2 aromatic carbocycles. The third-order valence-corrected chi connectivity index (χ3v) is 7.95. The number of anilines is 1. The fourth-order valence-corrected chi connectivity index (χ4v) is 6.09. The van der Waals surface area contributed by atoms with E-state index >= 15 is 0 Å². The molecule has 1 saturated heterocycles. The molecule has 1 aliphatic rings.